The molecule has 3 atom stereocenters. The van der Waals surface area contributed by atoms with E-state index < -0.39 is 63.7 Å². The van der Waals surface area contributed by atoms with Crippen LogP contribution in [0.1, 0.15) is 25.6 Å². The molecule has 0 spiro atoms. The van der Waals surface area contributed by atoms with Gasteiger partial charge in [0.25, 0.3) is 0 Å². The Morgan fingerprint density at radius 1 is 1.24 bits per heavy atom. The molecule has 1 heterocycles. The van der Waals surface area contributed by atoms with Crippen LogP contribution in [-0.2, 0) is 9.53 Å². The summed E-state index contributed by atoms with van der Waals surface area (Å²) in [6.45, 7) is 3.08. The fourth-order valence-electron chi connectivity index (χ4n) is 3.40. The van der Waals surface area contributed by atoms with Gasteiger partial charge in [-0.05, 0) is 17.4 Å². The molecule has 1 aliphatic rings. The van der Waals surface area contributed by atoms with Crippen molar-refractivity contribution in [2.45, 2.75) is 26.1 Å². The highest BCUT2D eigenvalue weighted by Crippen LogP contribution is 2.60. The average Bonchev–Trinajstić information content (AvgIpc) is 3.28. The first-order valence-electron chi connectivity index (χ1n) is 9.59. The predicted octanol–water partition coefficient (Wildman–Crippen LogP) is 6.36. The third-order valence-electron chi connectivity index (χ3n) is 5.30. The van der Waals surface area contributed by atoms with Crippen molar-refractivity contribution in [3.63, 3.8) is 0 Å². The molecule has 0 bridgehead atoms. The third-order valence-corrected chi connectivity index (χ3v) is 5.64. The summed E-state index contributed by atoms with van der Waals surface area (Å²) in [6.07, 6.45) is -5.64. The Labute approximate surface area is 194 Å². The first kappa shape index (κ1) is 25.4. The van der Waals surface area contributed by atoms with Crippen LogP contribution in [0, 0.1) is 46.0 Å². The highest BCUT2D eigenvalue weighted by molar-refractivity contribution is 6.30. The van der Waals surface area contributed by atoms with Crippen LogP contribution >= 0.6 is 11.6 Å². The Morgan fingerprint density at radius 3 is 2.41 bits per heavy atom. The summed E-state index contributed by atoms with van der Waals surface area (Å²) in [5, 5.41) is 8.06. The molecule has 0 amide bonds. The zero-order valence-electron chi connectivity index (χ0n) is 17.5. The smallest absolute Gasteiger partial charge is 0.426 e. The van der Waals surface area contributed by atoms with Crippen molar-refractivity contribution in [3.05, 3.63) is 64.6 Å². The van der Waals surface area contributed by atoms with E-state index in [4.69, 9.17) is 21.1 Å². The number of carbonyl (C=O) groups excluding carboxylic acids is 1. The lowest BCUT2D eigenvalue weighted by Gasteiger charge is -2.13. The topological polar surface area (TPSA) is 72.2 Å². The SMILES string of the molecule is CC1(C)C(/C=C(\Cl)C(F)(F)F)[C@H]1C(=O)OC(C#N)c1cccc(Oc2c(F)cc(F)cc2F)n1. The van der Waals surface area contributed by atoms with E-state index in [2.05, 4.69) is 4.98 Å². The Bertz CT molecular complexity index is 1170. The molecule has 1 fully saturated rings. The third kappa shape index (κ3) is 5.28. The van der Waals surface area contributed by atoms with Crippen LogP contribution in [0.5, 0.6) is 11.6 Å². The number of rotatable bonds is 6. The number of aromatic nitrogens is 1. The number of alkyl halides is 3. The molecular formula is C22H15ClF6N2O3. The van der Waals surface area contributed by atoms with Gasteiger partial charge in [-0.1, -0.05) is 37.6 Å². The monoisotopic (exact) mass is 504 g/mol. The summed E-state index contributed by atoms with van der Waals surface area (Å²) in [5.74, 6) is -7.97. The molecule has 0 N–H and O–H groups in total. The van der Waals surface area contributed by atoms with Gasteiger partial charge in [0.1, 0.15) is 16.9 Å². The van der Waals surface area contributed by atoms with Crippen molar-refractivity contribution >= 4 is 17.6 Å². The number of pyridine rings is 1. The number of hydrogen-bond donors (Lipinski definition) is 0. The van der Waals surface area contributed by atoms with E-state index in [9.17, 15) is 36.4 Å². The highest BCUT2D eigenvalue weighted by atomic mass is 35.5. The van der Waals surface area contributed by atoms with Crippen LogP contribution in [0.4, 0.5) is 26.3 Å². The molecule has 34 heavy (non-hydrogen) atoms. The fourth-order valence-corrected chi connectivity index (χ4v) is 3.53. The standard InChI is InChI=1S/C22H15ClF6N2O3/c1-21(2)11(8-16(23)22(27,28)29)18(21)20(32)33-15(9-30)14-4-3-5-17(31-14)34-19-12(25)6-10(24)7-13(19)26/h3-8,11,15,18H,1-2H3/b16-8-/t11?,15?,18-/m0/s1. The number of ether oxygens (including phenoxy) is 2. The Morgan fingerprint density at radius 2 is 1.85 bits per heavy atom. The molecule has 2 aromatic rings. The van der Waals surface area contributed by atoms with E-state index >= 15 is 0 Å². The average molecular weight is 505 g/mol. The van der Waals surface area contributed by atoms with Gasteiger partial charge in [-0.15, -0.1) is 0 Å². The molecule has 1 aliphatic carbocycles. The fraction of sp³-hybridized carbons (Fsp3) is 0.318. The van der Waals surface area contributed by atoms with E-state index in [0.29, 0.717) is 12.1 Å². The molecular weight excluding hydrogens is 490 g/mol. The number of nitriles is 1. The molecule has 5 nitrogen and oxygen atoms in total. The summed E-state index contributed by atoms with van der Waals surface area (Å²) in [7, 11) is 0. The number of hydrogen-bond acceptors (Lipinski definition) is 5. The molecule has 1 saturated carbocycles. The molecule has 12 heteroatoms. The van der Waals surface area contributed by atoms with E-state index in [1.165, 1.54) is 18.2 Å². The number of nitrogens with zero attached hydrogens (tertiary/aromatic N) is 2. The molecule has 0 radical (unpaired) electrons. The molecule has 3 rings (SSSR count). The predicted molar refractivity (Wildman–Crippen MR) is 106 cm³/mol. The van der Waals surface area contributed by atoms with Crippen LogP contribution in [0.15, 0.2) is 41.4 Å². The van der Waals surface area contributed by atoms with Gasteiger partial charge in [-0.25, -0.2) is 18.2 Å². The van der Waals surface area contributed by atoms with Gasteiger partial charge in [-0.2, -0.15) is 18.4 Å². The van der Waals surface area contributed by atoms with E-state index in [1.807, 2.05) is 0 Å². The molecule has 0 saturated heterocycles. The maximum atomic E-state index is 13.8. The lowest BCUT2D eigenvalue weighted by Crippen LogP contribution is -2.15. The van der Waals surface area contributed by atoms with Crippen molar-refractivity contribution in [3.8, 4) is 17.7 Å². The summed E-state index contributed by atoms with van der Waals surface area (Å²) >= 11 is 5.27. The molecule has 0 aliphatic heterocycles. The van der Waals surface area contributed by atoms with Crippen molar-refractivity contribution < 1.29 is 40.6 Å². The number of halogens is 7. The maximum absolute atomic E-state index is 13.8. The van der Waals surface area contributed by atoms with Crippen molar-refractivity contribution in [1.29, 1.82) is 5.26 Å². The number of esters is 1. The van der Waals surface area contributed by atoms with Gasteiger partial charge < -0.3 is 9.47 Å². The second-order valence-electron chi connectivity index (χ2n) is 7.98. The van der Waals surface area contributed by atoms with Crippen LogP contribution in [0.3, 0.4) is 0 Å². The lowest BCUT2D eigenvalue weighted by atomic mass is 10.1. The zero-order valence-corrected chi connectivity index (χ0v) is 18.2. The van der Waals surface area contributed by atoms with Gasteiger partial charge in [-0.3, -0.25) is 4.79 Å². The van der Waals surface area contributed by atoms with Crippen LogP contribution in [0.25, 0.3) is 0 Å². The number of carbonyl (C=O) groups is 1. The van der Waals surface area contributed by atoms with E-state index in [-0.39, 0.29) is 11.6 Å². The normalized spacial score (nSPS) is 20.3. The van der Waals surface area contributed by atoms with Gasteiger partial charge in [0.05, 0.1) is 11.6 Å². The summed E-state index contributed by atoms with van der Waals surface area (Å²) in [6, 6.07) is 6.22. The van der Waals surface area contributed by atoms with Crippen molar-refractivity contribution in [2.24, 2.45) is 17.3 Å². The molecule has 1 aromatic heterocycles. The first-order valence-corrected chi connectivity index (χ1v) is 9.97. The number of benzene rings is 1. The van der Waals surface area contributed by atoms with Gasteiger partial charge in [0.15, 0.2) is 11.6 Å². The minimum absolute atomic E-state index is 0.171. The minimum Gasteiger partial charge on any atom is -0.440 e. The van der Waals surface area contributed by atoms with E-state index in [0.717, 1.165) is 6.08 Å². The van der Waals surface area contributed by atoms with E-state index in [1.54, 1.807) is 19.9 Å². The maximum Gasteiger partial charge on any atom is 0.426 e. The second-order valence-corrected chi connectivity index (χ2v) is 8.39. The van der Waals surface area contributed by atoms with Crippen LogP contribution < -0.4 is 4.74 Å². The van der Waals surface area contributed by atoms with Gasteiger partial charge in [0.2, 0.25) is 17.7 Å². The lowest BCUT2D eigenvalue weighted by molar-refractivity contribution is -0.149. The summed E-state index contributed by atoms with van der Waals surface area (Å²) < 4.78 is 89.0. The first-order chi connectivity index (χ1) is 15.8. The minimum atomic E-state index is -4.77. The summed E-state index contributed by atoms with van der Waals surface area (Å²) in [4.78, 5) is 16.5. The Kier molecular flexibility index (Phi) is 6.85. The van der Waals surface area contributed by atoms with Crippen LogP contribution in [-0.4, -0.2) is 17.1 Å². The summed E-state index contributed by atoms with van der Waals surface area (Å²) in [5.41, 5.74) is -1.08. The number of allylic oxidation sites excluding steroid dienone is 2. The van der Waals surface area contributed by atoms with Crippen molar-refractivity contribution in [2.75, 3.05) is 0 Å². The molecule has 180 valence electrons. The quantitative estimate of drug-likeness (QED) is 0.338. The Hall–Kier alpha value is -3.26. The van der Waals surface area contributed by atoms with Crippen LogP contribution in [0.2, 0.25) is 0 Å². The zero-order chi connectivity index (χ0) is 25.4. The second kappa shape index (κ2) is 9.18. The molecule has 1 aromatic carbocycles. The van der Waals surface area contributed by atoms with Gasteiger partial charge in [0, 0.05) is 18.2 Å². The Balaban J connectivity index is 1.77. The molecule has 2 unspecified atom stereocenters. The van der Waals surface area contributed by atoms with Crippen molar-refractivity contribution in [1.82, 2.24) is 4.98 Å². The van der Waals surface area contributed by atoms with Gasteiger partial charge >= 0.3 is 12.1 Å². The largest absolute Gasteiger partial charge is 0.440 e. The highest BCUT2D eigenvalue weighted by Gasteiger charge is 2.62.